The Morgan fingerprint density at radius 2 is 2.05 bits per heavy atom. The Labute approximate surface area is 114 Å². The summed E-state index contributed by atoms with van der Waals surface area (Å²) in [5.41, 5.74) is 6.40. The summed E-state index contributed by atoms with van der Waals surface area (Å²) in [6, 6.07) is 4.46. The molecule has 0 aliphatic heterocycles. The van der Waals surface area contributed by atoms with Crippen LogP contribution in [0.15, 0.2) is 12.1 Å². The molecule has 1 saturated carbocycles. The van der Waals surface area contributed by atoms with Gasteiger partial charge in [0.1, 0.15) is 5.78 Å². The number of carbonyl (C=O) groups is 1. The average molecular weight is 255 g/mol. The molecular weight excluding hydrogens is 234 g/mol. The van der Waals surface area contributed by atoms with Crippen LogP contribution < -0.4 is 0 Å². The van der Waals surface area contributed by atoms with Crippen LogP contribution >= 0.6 is 0 Å². The van der Waals surface area contributed by atoms with Gasteiger partial charge in [0.15, 0.2) is 0 Å². The fraction of sp³-hybridized carbons (Fsp3) is 0.471. The largest absolute Gasteiger partial charge is 0.358 e. The Morgan fingerprint density at radius 1 is 1.26 bits per heavy atom. The van der Waals surface area contributed by atoms with E-state index in [2.05, 4.69) is 37.9 Å². The van der Waals surface area contributed by atoms with Gasteiger partial charge in [0.05, 0.1) is 0 Å². The molecule has 19 heavy (non-hydrogen) atoms. The molecule has 1 aliphatic carbocycles. The second kappa shape index (κ2) is 4.52. The van der Waals surface area contributed by atoms with Crippen molar-refractivity contribution >= 4 is 16.7 Å². The van der Waals surface area contributed by atoms with Crippen molar-refractivity contribution in [3.05, 3.63) is 34.5 Å². The van der Waals surface area contributed by atoms with Crippen LogP contribution in [-0.4, -0.2) is 10.8 Å². The first-order valence-corrected chi connectivity index (χ1v) is 7.17. The number of aromatic nitrogens is 1. The molecule has 1 unspecified atom stereocenters. The maximum absolute atomic E-state index is 11.9. The number of rotatable bonds is 2. The summed E-state index contributed by atoms with van der Waals surface area (Å²) in [6.45, 7) is 6.42. The lowest BCUT2D eigenvalue weighted by Gasteiger charge is -2.08. The Hall–Kier alpha value is -1.57. The van der Waals surface area contributed by atoms with Crippen molar-refractivity contribution in [2.45, 2.75) is 46.5 Å². The number of ketones is 1. The Kier molecular flexibility index (Phi) is 2.96. The molecule has 1 heterocycles. The third-order valence-corrected chi connectivity index (χ3v) is 4.45. The number of benzene rings is 1. The lowest BCUT2D eigenvalue weighted by molar-refractivity contribution is -0.120. The van der Waals surface area contributed by atoms with Gasteiger partial charge in [-0.05, 0) is 57.2 Å². The summed E-state index contributed by atoms with van der Waals surface area (Å²) in [5, 5.41) is 1.31. The molecule has 3 rings (SSSR count). The van der Waals surface area contributed by atoms with Crippen LogP contribution in [0.3, 0.4) is 0 Å². The van der Waals surface area contributed by atoms with Crippen LogP contribution in [0.4, 0.5) is 0 Å². The van der Waals surface area contributed by atoms with E-state index in [4.69, 9.17) is 0 Å². The standard InChI is InChI=1S/C17H21NO/c1-10-7-11(2)17-15(8-10)14(12(3)18-17)9-13-5-4-6-16(13)19/h7-8,13,18H,4-6,9H2,1-3H3. The molecule has 2 nitrogen and oxygen atoms in total. The van der Waals surface area contributed by atoms with Crippen LogP contribution in [0.25, 0.3) is 10.9 Å². The molecule has 0 bridgehead atoms. The van der Waals surface area contributed by atoms with Gasteiger partial charge >= 0.3 is 0 Å². The molecule has 0 amide bonds. The first-order valence-electron chi connectivity index (χ1n) is 7.17. The summed E-state index contributed by atoms with van der Waals surface area (Å²) < 4.78 is 0. The smallest absolute Gasteiger partial charge is 0.136 e. The van der Waals surface area contributed by atoms with Crippen molar-refractivity contribution in [3.63, 3.8) is 0 Å². The van der Waals surface area contributed by atoms with Crippen LogP contribution in [0.5, 0.6) is 0 Å². The van der Waals surface area contributed by atoms with E-state index in [1.54, 1.807) is 0 Å². The van der Waals surface area contributed by atoms with Crippen molar-refractivity contribution < 1.29 is 4.79 Å². The molecule has 1 atom stereocenters. The lowest BCUT2D eigenvalue weighted by Crippen LogP contribution is -2.09. The number of hydrogen-bond donors (Lipinski definition) is 1. The van der Waals surface area contributed by atoms with Crippen LogP contribution in [0.1, 0.15) is 41.6 Å². The number of carbonyl (C=O) groups excluding carboxylic acids is 1. The number of aromatic amines is 1. The zero-order valence-electron chi connectivity index (χ0n) is 12.0. The maximum atomic E-state index is 11.9. The summed E-state index contributed by atoms with van der Waals surface area (Å²) in [5.74, 6) is 0.705. The van der Waals surface area contributed by atoms with Gasteiger partial charge in [0, 0.05) is 28.9 Å². The van der Waals surface area contributed by atoms with Gasteiger partial charge in [-0.3, -0.25) is 4.79 Å². The quantitative estimate of drug-likeness (QED) is 0.864. The van der Waals surface area contributed by atoms with Gasteiger partial charge in [-0.15, -0.1) is 0 Å². The van der Waals surface area contributed by atoms with Crippen LogP contribution in [-0.2, 0) is 11.2 Å². The lowest BCUT2D eigenvalue weighted by atomic mass is 9.94. The monoisotopic (exact) mass is 255 g/mol. The molecule has 1 aromatic carbocycles. The highest BCUT2D eigenvalue weighted by Gasteiger charge is 2.26. The molecule has 1 aromatic heterocycles. The molecule has 1 N–H and O–H groups in total. The summed E-state index contributed by atoms with van der Waals surface area (Å²) in [6.07, 6.45) is 3.83. The van der Waals surface area contributed by atoms with E-state index in [-0.39, 0.29) is 5.92 Å². The van der Waals surface area contributed by atoms with E-state index in [0.29, 0.717) is 5.78 Å². The third kappa shape index (κ3) is 2.09. The number of hydrogen-bond acceptors (Lipinski definition) is 1. The van der Waals surface area contributed by atoms with Crippen molar-refractivity contribution in [2.24, 2.45) is 5.92 Å². The first-order chi connectivity index (χ1) is 9.06. The van der Waals surface area contributed by atoms with E-state index in [1.807, 2.05) is 0 Å². The second-order valence-electron chi connectivity index (χ2n) is 5.99. The van der Waals surface area contributed by atoms with Gasteiger partial charge < -0.3 is 4.98 Å². The third-order valence-electron chi connectivity index (χ3n) is 4.45. The van der Waals surface area contributed by atoms with E-state index >= 15 is 0 Å². The summed E-state index contributed by atoms with van der Waals surface area (Å²) in [7, 11) is 0. The SMILES string of the molecule is Cc1cc(C)c2[nH]c(C)c(CC3CCCC3=O)c2c1. The van der Waals surface area contributed by atoms with Crippen LogP contribution in [0.2, 0.25) is 0 Å². The summed E-state index contributed by atoms with van der Waals surface area (Å²) >= 11 is 0. The fourth-order valence-electron chi connectivity index (χ4n) is 3.45. The molecule has 2 heteroatoms. The maximum Gasteiger partial charge on any atom is 0.136 e. The number of nitrogens with one attached hydrogen (secondary N) is 1. The highest BCUT2D eigenvalue weighted by atomic mass is 16.1. The minimum atomic E-state index is 0.249. The normalized spacial score (nSPS) is 19.5. The first kappa shape index (κ1) is 12.5. The number of aryl methyl sites for hydroxylation is 3. The van der Waals surface area contributed by atoms with Crippen LogP contribution in [0, 0.1) is 26.7 Å². The van der Waals surface area contributed by atoms with Crippen molar-refractivity contribution in [2.75, 3.05) is 0 Å². The number of H-pyrrole nitrogens is 1. The zero-order chi connectivity index (χ0) is 13.6. The Balaban J connectivity index is 2.07. The molecule has 1 aliphatic rings. The average Bonchev–Trinajstić information content (AvgIpc) is 2.87. The molecule has 100 valence electrons. The van der Waals surface area contributed by atoms with Crippen molar-refractivity contribution in [1.82, 2.24) is 4.98 Å². The van der Waals surface area contributed by atoms with E-state index in [0.717, 1.165) is 25.7 Å². The minimum absolute atomic E-state index is 0.249. The molecular formula is C17H21NO. The Bertz CT molecular complexity index is 651. The van der Waals surface area contributed by atoms with Gasteiger partial charge in [-0.25, -0.2) is 0 Å². The predicted octanol–water partition coefficient (Wildman–Crippen LogP) is 4.00. The fourth-order valence-corrected chi connectivity index (χ4v) is 3.45. The highest BCUT2D eigenvalue weighted by Crippen LogP contribution is 2.32. The van der Waals surface area contributed by atoms with Crippen molar-refractivity contribution in [3.8, 4) is 0 Å². The molecule has 0 radical (unpaired) electrons. The van der Waals surface area contributed by atoms with Gasteiger partial charge in [0.25, 0.3) is 0 Å². The van der Waals surface area contributed by atoms with Crippen molar-refractivity contribution in [1.29, 1.82) is 0 Å². The zero-order valence-corrected chi connectivity index (χ0v) is 12.0. The predicted molar refractivity (Wildman–Crippen MR) is 78.6 cm³/mol. The molecule has 0 spiro atoms. The summed E-state index contributed by atoms with van der Waals surface area (Å²) in [4.78, 5) is 15.4. The molecule has 2 aromatic rings. The number of fused-ring (bicyclic) bond motifs is 1. The topological polar surface area (TPSA) is 32.9 Å². The Morgan fingerprint density at radius 3 is 2.74 bits per heavy atom. The van der Waals surface area contributed by atoms with E-state index < -0.39 is 0 Å². The van der Waals surface area contributed by atoms with Gasteiger partial charge in [0.2, 0.25) is 0 Å². The van der Waals surface area contributed by atoms with Gasteiger partial charge in [-0.2, -0.15) is 0 Å². The molecule has 0 saturated heterocycles. The second-order valence-corrected chi connectivity index (χ2v) is 5.99. The van der Waals surface area contributed by atoms with E-state index in [1.165, 1.54) is 33.3 Å². The minimum Gasteiger partial charge on any atom is -0.358 e. The van der Waals surface area contributed by atoms with Gasteiger partial charge in [-0.1, -0.05) is 11.6 Å². The highest BCUT2D eigenvalue weighted by molar-refractivity contribution is 5.89. The number of Topliss-reactive ketones (excluding diaryl/α,β-unsaturated/α-hetero) is 1. The van der Waals surface area contributed by atoms with E-state index in [9.17, 15) is 4.79 Å². The molecule has 1 fully saturated rings.